The summed E-state index contributed by atoms with van der Waals surface area (Å²) in [5.41, 5.74) is 3.43. The van der Waals surface area contributed by atoms with Crippen molar-refractivity contribution >= 4 is 23.8 Å². The Morgan fingerprint density at radius 3 is 2.26 bits per heavy atom. The van der Waals surface area contributed by atoms with Crippen molar-refractivity contribution < 1.29 is 19.4 Å². The zero-order valence-electron chi connectivity index (χ0n) is 15.1. The summed E-state index contributed by atoms with van der Waals surface area (Å²) in [6, 6.07) is 16.3. The minimum absolute atomic E-state index is 0.0338. The van der Waals surface area contributed by atoms with Crippen LogP contribution in [-0.4, -0.2) is 52.8 Å². The van der Waals surface area contributed by atoms with Gasteiger partial charge in [-0.3, -0.25) is 4.90 Å². The number of hydrogen-bond donors (Lipinski definition) is 1. The molecule has 1 amide bonds. The molecule has 1 aliphatic carbocycles. The first-order valence-electron chi connectivity index (χ1n) is 8.94. The molecule has 1 heterocycles. The van der Waals surface area contributed by atoms with Gasteiger partial charge in [-0.1, -0.05) is 48.5 Å². The van der Waals surface area contributed by atoms with E-state index in [-0.39, 0.29) is 12.5 Å². The van der Waals surface area contributed by atoms with E-state index in [0.717, 1.165) is 28.0 Å². The third-order valence-electron chi connectivity index (χ3n) is 5.65. The van der Waals surface area contributed by atoms with E-state index < -0.39 is 17.6 Å². The second-order valence-electron chi connectivity index (χ2n) is 7.00. The Labute approximate surface area is 162 Å². The van der Waals surface area contributed by atoms with E-state index in [0.29, 0.717) is 12.2 Å². The lowest BCUT2D eigenvalue weighted by atomic mass is 9.97. The van der Waals surface area contributed by atoms with Gasteiger partial charge in [-0.2, -0.15) is 11.8 Å². The summed E-state index contributed by atoms with van der Waals surface area (Å²) >= 11 is 1.55. The highest BCUT2D eigenvalue weighted by Crippen LogP contribution is 2.44. The molecule has 2 aromatic carbocycles. The molecular weight excluding hydrogens is 362 g/mol. The Morgan fingerprint density at radius 2 is 1.74 bits per heavy atom. The topological polar surface area (TPSA) is 66.8 Å². The summed E-state index contributed by atoms with van der Waals surface area (Å²) < 4.78 is 5.60. The molecule has 1 unspecified atom stereocenters. The van der Waals surface area contributed by atoms with Crippen molar-refractivity contribution in [3.63, 3.8) is 0 Å². The third-order valence-corrected chi connectivity index (χ3v) is 6.83. The van der Waals surface area contributed by atoms with E-state index in [9.17, 15) is 14.7 Å². The first-order valence-corrected chi connectivity index (χ1v) is 10.1. The molecule has 1 saturated heterocycles. The van der Waals surface area contributed by atoms with Crippen molar-refractivity contribution in [2.75, 3.05) is 25.2 Å². The number of likely N-dealkylation sites (N-methyl/N-ethyl adjacent to an activating group) is 1. The number of carbonyl (C=O) groups is 2. The monoisotopic (exact) mass is 383 g/mol. The van der Waals surface area contributed by atoms with Crippen molar-refractivity contribution in [1.29, 1.82) is 0 Å². The van der Waals surface area contributed by atoms with Gasteiger partial charge in [-0.15, -0.1) is 0 Å². The minimum Gasteiger partial charge on any atom is -0.479 e. The maximum Gasteiger partial charge on any atom is 0.410 e. The van der Waals surface area contributed by atoms with Crippen LogP contribution >= 0.6 is 11.8 Å². The van der Waals surface area contributed by atoms with Gasteiger partial charge in [0.15, 0.2) is 5.54 Å². The number of amides is 1. The predicted molar refractivity (Wildman–Crippen MR) is 105 cm³/mol. The second-order valence-corrected chi connectivity index (χ2v) is 8.11. The molecule has 1 N–H and O–H groups in total. The van der Waals surface area contributed by atoms with Gasteiger partial charge in [0.05, 0.1) is 0 Å². The van der Waals surface area contributed by atoms with Crippen molar-refractivity contribution in [3.05, 3.63) is 59.7 Å². The minimum atomic E-state index is -1.17. The predicted octanol–water partition coefficient (Wildman–Crippen LogP) is 3.83. The second kappa shape index (κ2) is 6.93. The maximum atomic E-state index is 12.7. The quantitative estimate of drug-likeness (QED) is 0.869. The molecule has 0 aromatic heterocycles. The van der Waals surface area contributed by atoms with Gasteiger partial charge in [0.25, 0.3) is 0 Å². The van der Waals surface area contributed by atoms with E-state index >= 15 is 0 Å². The van der Waals surface area contributed by atoms with Crippen molar-refractivity contribution in [2.24, 2.45) is 0 Å². The van der Waals surface area contributed by atoms with Gasteiger partial charge in [0.2, 0.25) is 0 Å². The first kappa shape index (κ1) is 17.9. The van der Waals surface area contributed by atoms with E-state index in [1.165, 1.54) is 11.9 Å². The molecule has 0 bridgehead atoms. The molecule has 4 rings (SSSR count). The molecule has 0 radical (unpaired) electrons. The zero-order chi connectivity index (χ0) is 19.0. The summed E-state index contributed by atoms with van der Waals surface area (Å²) in [7, 11) is 1.53. The Hall–Kier alpha value is -2.47. The highest BCUT2D eigenvalue weighted by Gasteiger charge is 2.48. The van der Waals surface area contributed by atoms with Crippen LogP contribution in [0.5, 0.6) is 0 Å². The normalized spacial score (nSPS) is 20.8. The number of carboxylic acids is 1. The third kappa shape index (κ3) is 2.88. The van der Waals surface area contributed by atoms with Crippen LogP contribution in [-0.2, 0) is 9.53 Å². The van der Waals surface area contributed by atoms with Gasteiger partial charge in [-0.25, -0.2) is 9.59 Å². The standard InChI is InChI=1S/C21H21NO4S/c1-22(21(19(23)24)10-11-27-13-21)20(25)26-12-18-16-8-4-2-6-14(16)15-7-3-5-9-17(15)18/h2-9,18H,10-13H2,1H3,(H,23,24). The number of thioether (sulfide) groups is 1. The molecule has 140 valence electrons. The maximum absolute atomic E-state index is 12.7. The molecule has 0 spiro atoms. The number of hydrogen-bond acceptors (Lipinski definition) is 4. The largest absolute Gasteiger partial charge is 0.479 e. The summed E-state index contributed by atoms with van der Waals surface area (Å²) in [5, 5.41) is 9.66. The number of rotatable bonds is 4. The van der Waals surface area contributed by atoms with Crippen LogP contribution in [0.2, 0.25) is 0 Å². The molecule has 2 aliphatic rings. The number of nitrogens with zero attached hydrogens (tertiary/aromatic N) is 1. The van der Waals surface area contributed by atoms with E-state index in [4.69, 9.17) is 4.74 Å². The van der Waals surface area contributed by atoms with Crippen LogP contribution < -0.4 is 0 Å². The van der Waals surface area contributed by atoms with E-state index in [1.54, 1.807) is 11.8 Å². The molecule has 1 atom stereocenters. The highest BCUT2D eigenvalue weighted by atomic mass is 32.2. The molecule has 1 aliphatic heterocycles. The van der Waals surface area contributed by atoms with E-state index in [2.05, 4.69) is 24.3 Å². The average molecular weight is 383 g/mol. The lowest BCUT2D eigenvalue weighted by molar-refractivity contribution is -0.148. The van der Waals surface area contributed by atoms with Gasteiger partial charge in [0.1, 0.15) is 6.61 Å². The summed E-state index contributed by atoms with van der Waals surface area (Å²) in [6.45, 7) is 0.194. The lowest BCUT2D eigenvalue weighted by Crippen LogP contribution is -2.55. The fraction of sp³-hybridized carbons (Fsp3) is 0.333. The van der Waals surface area contributed by atoms with E-state index in [1.807, 2.05) is 24.3 Å². The van der Waals surface area contributed by atoms with Gasteiger partial charge in [0, 0.05) is 18.7 Å². The van der Waals surface area contributed by atoms with Crippen molar-refractivity contribution in [3.8, 4) is 11.1 Å². The number of ether oxygens (including phenoxy) is 1. The molecular formula is C21H21NO4S. The smallest absolute Gasteiger partial charge is 0.410 e. The number of carbonyl (C=O) groups excluding carboxylic acids is 1. The van der Waals surface area contributed by atoms with Gasteiger partial charge in [-0.05, 0) is 34.4 Å². The van der Waals surface area contributed by atoms with Gasteiger partial charge >= 0.3 is 12.1 Å². The number of aliphatic carboxylic acids is 1. The van der Waals surface area contributed by atoms with Crippen LogP contribution in [0.3, 0.4) is 0 Å². The number of carboxylic acid groups (broad SMARTS) is 1. The van der Waals surface area contributed by atoms with Crippen molar-refractivity contribution in [1.82, 2.24) is 4.90 Å². The van der Waals surface area contributed by atoms with Crippen molar-refractivity contribution in [2.45, 2.75) is 17.9 Å². The van der Waals surface area contributed by atoms with Crippen LogP contribution in [0.15, 0.2) is 48.5 Å². The van der Waals surface area contributed by atoms with Crippen LogP contribution in [0.1, 0.15) is 23.5 Å². The molecule has 2 aromatic rings. The first-order chi connectivity index (χ1) is 13.0. The molecule has 27 heavy (non-hydrogen) atoms. The molecule has 5 nitrogen and oxygen atoms in total. The molecule has 0 saturated carbocycles. The summed E-state index contributed by atoms with van der Waals surface area (Å²) in [6.07, 6.45) is -0.144. The zero-order valence-corrected chi connectivity index (χ0v) is 15.9. The number of fused-ring (bicyclic) bond motifs is 3. The van der Waals surface area contributed by atoms with Crippen LogP contribution in [0.4, 0.5) is 4.79 Å². The summed E-state index contributed by atoms with van der Waals surface area (Å²) in [4.78, 5) is 25.7. The average Bonchev–Trinajstić information content (AvgIpc) is 3.30. The number of benzene rings is 2. The Morgan fingerprint density at radius 1 is 1.15 bits per heavy atom. The SMILES string of the molecule is CN(C(=O)OCC1c2ccccc2-c2ccccc21)C1(C(=O)O)CCSC1. The Kier molecular flexibility index (Phi) is 4.60. The fourth-order valence-corrected chi connectivity index (χ4v) is 5.42. The Balaban J connectivity index is 1.54. The summed E-state index contributed by atoms with van der Waals surface area (Å²) in [5.74, 6) is 0.119. The molecule has 1 fully saturated rings. The van der Waals surface area contributed by atoms with Gasteiger partial charge < -0.3 is 9.84 Å². The highest BCUT2D eigenvalue weighted by molar-refractivity contribution is 7.99. The lowest BCUT2D eigenvalue weighted by Gasteiger charge is -2.33. The molecule has 6 heteroatoms. The van der Waals surface area contributed by atoms with Crippen LogP contribution in [0.25, 0.3) is 11.1 Å². The fourth-order valence-electron chi connectivity index (χ4n) is 4.00. The Bertz CT molecular complexity index is 846. The van der Waals surface area contributed by atoms with Crippen LogP contribution in [0, 0.1) is 0 Å².